The van der Waals surface area contributed by atoms with Crippen molar-refractivity contribution in [2.45, 2.75) is 45.8 Å². The summed E-state index contributed by atoms with van der Waals surface area (Å²) in [6, 6.07) is 43.8. The summed E-state index contributed by atoms with van der Waals surface area (Å²) < 4.78 is 18.5. The fourth-order valence-corrected chi connectivity index (χ4v) is 12.4. The molecule has 0 radical (unpaired) electrons. The average Bonchev–Trinajstić information content (AvgIpc) is 3.00. The fourth-order valence-electron chi connectivity index (χ4n) is 4.63. The van der Waals surface area contributed by atoms with Crippen LogP contribution in [-0.4, -0.2) is 34.3 Å². The molecule has 0 aliphatic heterocycles. The van der Waals surface area contributed by atoms with Crippen LogP contribution in [0.2, 0.25) is 6.04 Å². The van der Waals surface area contributed by atoms with E-state index in [9.17, 15) is 0 Å². The predicted octanol–water partition coefficient (Wildman–Crippen LogP) is 7.26. The molecule has 4 aromatic rings. The van der Waals surface area contributed by atoms with Gasteiger partial charge >= 0.3 is 8.80 Å². The Balaban J connectivity index is 0.000000281. The normalized spacial score (nSPS) is 12.0. The maximum Gasteiger partial charge on any atom is 0.501 e. The number of hydrogen-bond donors (Lipinski definition) is 0. The SMILES string of the molecule is CCO[Si](CC(CC)P(c1ccccc1)c1ccccc1)(OCC)OCC.c1ccc(Pc2ccccc2)cc1. The molecule has 0 aromatic heterocycles. The van der Waals surface area contributed by atoms with Gasteiger partial charge < -0.3 is 13.3 Å². The molecule has 4 aromatic carbocycles. The molecule has 0 aliphatic rings. The van der Waals surface area contributed by atoms with Gasteiger partial charge in [0.1, 0.15) is 0 Å². The van der Waals surface area contributed by atoms with Crippen LogP contribution in [0.3, 0.4) is 0 Å². The van der Waals surface area contributed by atoms with Gasteiger partial charge in [-0.1, -0.05) is 137 Å². The van der Waals surface area contributed by atoms with Gasteiger partial charge in [-0.15, -0.1) is 0 Å². The van der Waals surface area contributed by atoms with Gasteiger partial charge in [0.15, 0.2) is 0 Å². The third kappa shape index (κ3) is 10.3. The molecule has 212 valence electrons. The highest BCUT2D eigenvalue weighted by Crippen LogP contribution is 2.45. The molecule has 0 heterocycles. The Morgan fingerprint density at radius 2 is 0.900 bits per heavy atom. The van der Waals surface area contributed by atoms with Crippen molar-refractivity contribution in [3.05, 3.63) is 121 Å². The molecule has 6 heteroatoms. The molecule has 0 fully saturated rings. The second-order valence-corrected chi connectivity index (χ2v) is 15.7. The zero-order valence-electron chi connectivity index (χ0n) is 24.3. The summed E-state index contributed by atoms with van der Waals surface area (Å²) in [5.74, 6) is 0. The minimum Gasteiger partial charge on any atom is -0.374 e. The monoisotopic (exact) mass is 590 g/mol. The average molecular weight is 591 g/mol. The van der Waals surface area contributed by atoms with Crippen molar-refractivity contribution < 1.29 is 13.3 Å². The van der Waals surface area contributed by atoms with Crippen LogP contribution in [0.25, 0.3) is 0 Å². The molecule has 0 amide bonds. The minimum absolute atomic E-state index is 0.445. The van der Waals surface area contributed by atoms with Crippen LogP contribution in [0.5, 0.6) is 0 Å². The van der Waals surface area contributed by atoms with Crippen LogP contribution < -0.4 is 21.2 Å². The third-order valence-electron chi connectivity index (χ3n) is 6.32. The van der Waals surface area contributed by atoms with Gasteiger partial charge in [-0.25, -0.2) is 0 Å². The summed E-state index contributed by atoms with van der Waals surface area (Å²) in [4.78, 5) is 0. The van der Waals surface area contributed by atoms with E-state index < -0.39 is 16.7 Å². The van der Waals surface area contributed by atoms with E-state index in [1.807, 2.05) is 20.8 Å². The van der Waals surface area contributed by atoms with Gasteiger partial charge in [0.25, 0.3) is 0 Å². The highest BCUT2D eigenvalue weighted by Gasteiger charge is 2.44. The zero-order valence-corrected chi connectivity index (χ0v) is 27.2. The van der Waals surface area contributed by atoms with Gasteiger partial charge in [-0.2, -0.15) is 0 Å². The van der Waals surface area contributed by atoms with Crippen molar-refractivity contribution in [1.29, 1.82) is 0 Å². The summed E-state index contributed by atoms with van der Waals surface area (Å²) in [5.41, 5.74) is 0.445. The van der Waals surface area contributed by atoms with Gasteiger partial charge in [0, 0.05) is 25.9 Å². The van der Waals surface area contributed by atoms with Crippen molar-refractivity contribution in [2.75, 3.05) is 19.8 Å². The lowest BCUT2D eigenvalue weighted by Crippen LogP contribution is -2.48. The Hall–Kier alpha value is -2.16. The molecule has 1 unspecified atom stereocenters. The molecule has 0 spiro atoms. The first-order chi connectivity index (χ1) is 19.6. The molecule has 0 aliphatic carbocycles. The standard InChI is InChI=1S/C22H33O3PSi.C12H11P/c1-5-20(19-27(23-6-2,24-7-3)25-8-4)26(21-15-11-9-12-16-21)22-17-13-10-14-18-22;1-3-7-11(8-4-1)13-12-9-5-2-6-10-12/h9-18,20H,5-8,19H2,1-4H3;1-10,13H. The third-order valence-corrected chi connectivity index (χ3v) is 14.1. The van der Waals surface area contributed by atoms with Gasteiger partial charge in [0.05, 0.1) is 0 Å². The molecule has 0 saturated carbocycles. The molecule has 0 saturated heterocycles. The second kappa shape index (κ2) is 18.3. The number of hydrogen-bond acceptors (Lipinski definition) is 3. The highest BCUT2D eigenvalue weighted by molar-refractivity contribution is 7.73. The van der Waals surface area contributed by atoms with Crippen molar-refractivity contribution in [3.63, 3.8) is 0 Å². The highest BCUT2D eigenvalue weighted by atomic mass is 31.1. The van der Waals surface area contributed by atoms with E-state index in [-0.39, 0.29) is 0 Å². The molecule has 4 rings (SSSR count). The van der Waals surface area contributed by atoms with Crippen molar-refractivity contribution >= 4 is 46.5 Å². The Kier molecular flexibility index (Phi) is 14.8. The van der Waals surface area contributed by atoms with E-state index in [2.05, 4.69) is 128 Å². The first kappa shape index (κ1) is 32.4. The van der Waals surface area contributed by atoms with Gasteiger partial charge in [-0.3, -0.25) is 0 Å². The zero-order chi connectivity index (χ0) is 28.5. The van der Waals surface area contributed by atoms with E-state index in [1.165, 1.54) is 21.2 Å². The van der Waals surface area contributed by atoms with Crippen LogP contribution in [0.4, 0.5) is 0 Å². The maximum absolute atomic E-state index is 6.17. The van der Waals surface area contributed by atoms with E-state index >= 15 is 0 Å². The van der Waals surface area contributed by atoms with Crippen LogP contribution in [0.1, 0.15) is 34.1 Å². The van der Waals surface area contributed by atoms with Crippen molar-refractivity contribution in [1.82, 2.24) is 0 Å². The van der Waals surface area contributed by atoms with Gasteiger partial charge in [0.2, 0.25) is 0 Å². The molecule has 1 atom stereocenters. The minimum atomic E-state index is -2.69. The molecule has 0 bridgehead atoms. The summed E-state index contributed by atoms with van der Waals surface area (Å²) in [6.45, 7) is 10.2. The topological polar surface area (TPSA) is 27.7 Å². The Labute approximate surface area is 246 Å². The van der Waals surface area contributed by atoms with Crippen molar-refractivity contribution in [2.24, 2.45) is 0 Å². The summed E-state index contributed by atoms with van der Waals surface area (Å²) in [6.07, 6.45) is 1.07. The molecular formula is C34H44O3P2Si. The summed E-state index contributed by atoms with van der Waals surface area (Å²) >= 11 is 0. The van der Waals surface area contributed by atoms with Crippen molar-refractivity contribution in [3.8, 4) is 0 Å². The fraction of sp³-hybridized carbons (Fsp3) is 0.294. The Bertz CT molecular complexity index is 1090. The van der Waals surface area contributed by atoms with E-state index in [0.717, 1.165) is 21.0 Å². The number of rotatable bonds is 14. The second-order valence-electron chi connectivity index (χ2n) is 9.15. The lowest BCUT2D eigenvalue weighted by molar-refractivity contribution is 0.0711. The molecule has 3 nitrogen and oxygen atoms in total. The largest absolute Gasteiger partial charge is 0.501 e. The lowest BCUT2D eigenvalue weighted by Gasteiger charge is -2.35. The molecule has 40 heavy (non-hydrogen) atoms. The first-order valence-corrected chi connectivity index (χ1v) is 18.7. The lowest BCUT2D eigenvalue weighted by atomic mass is 10.3. The number of benzene rings is 4. The van der Waals surface area contributed by atoms with Crippen LogP contribution >= 0.6 is 16.5 Å². The molecular weight excluding hydrogens is 546 g/mol. The Morgan fingerprint density at radius 3 is 1.23 bits per heavy atom. The van der Waals surface area contributed by atoms with Crippen LogP contribution in [-0.2, 0) is 13.3 Å². The van der Waals surface area contributed by atoms with Crippen LogP contribution in [0.15, 0.2) is 121 Å². The van der Waals surface area contributed by atoms with E-state index in [0.29, 0.717) is 25.5 Å². The van der Waals surface area contributed by atoms with E-state index in [4.69, 9.17) is 13.3 Å². The van der Waals surface area contributed by atoms with Gasteiger partial charge in [-0.05, 0) is 62.0 Å². The van der Waals surface area contributed by atoms with Crippen LogP contribution in [0, 0.1) is 0 Å². The smallest absolute Gasteiger partial charge is 0.374 e. The predicted molar refractivity (Wildman–Crippen MR) is 179 cm³/mol. The van der Waals surface area contributed by atoms with E-state index in [1.54, 1.807) is 0 Å². The summed E-state index contributed by atoms with van der Waals surface area (Å²) in [5, 5.41) is 5.60. The first-order valence-electron chi connectivity index (χ1n) is 14.3. The Morgan fingerprint density at radius 1 is 0.550 bits per heavy atom. The maximum atomic E-state index is 6.17. The molecule has 0 N–H and O–H groups in total. The summed E-state index contributed by atoms with van der Waals surface area (Å²) in [7, 11) is -2.43. The quantitative estimate of drug-likeness (QED) is 0.114.